The quantitative estimate of drug-likeness (QED) is 0.443. The third kappa shape index (κ3) is 3.39. The lowest BCUT2D eigenvalue weighted by Gasteiger charge is -2.01. The Morgan fingerprint density at radius 3 is 2.59 bits per heavy atom. The van der Waals surface area contributed by atoms with E-state index >= 15 is 0 Å². The number of hydrogen-bond acceptors (Lipinski definition) is 5. The summed E-state index contributed by atoms with van der Waals surface area (Å²) in [6.45, 7) is 1.74. The standard InChI is InChI=1S/C20H12Cl2N2O3/c1-11-17(18(24-27-11)12-5-3-2-4-6-12)19-23-16(20(25)26-19)9-13-7-8-14(21)10-15(13)22/h2-10H,1H3. The van der Waals surface area contributed by atoms with E-state index in [9.17, 15) is 4.79 Å². The van der Waals surface area contributed by atoms with Crippen LogP contribution in [0.15, 0.2) is 63.7 Å². The van der Waals surface area contributed by atoms with Crippen molar-refractivity contribution in [1.82, 2.24) is 5.16 Å². The first-order valence-corrected chi connectivity index (χ1v) is 8.78. The molecular formula is C20H12Cl2N2O3. The van der Waals surface area contributed by atoms with Crippen LogP contribution in [0.4, 0.5) is 0 Å². The topological polar surface area (TPSA) is 64.7 Å². The third-order valence-electron chi connectivity index (χ3n) is 4.00. The molecule has 2 aromatic carbocycles. The third-order valence-corrected chi connectivity index (χ3v) is 4.56. The van der Waals surface area contributed by atoms with Gasteiger partial charge in [0.05, 0.1) is 0 Å². The lowest BCUT2D eigenvalue weighted by atomic mass is 10.1. The van der Waals surface area contributed by atoms with Crippen LogP contribution in [0.2, 0.25) is 10.0 Å². The molecular weight excluding hydrogens is 387 g/mol. The number of benzene rings is 2. The number of ether oxygens (including phenoxy) is 1. The first-order chi connectivity index (χ1) is 13.0. The molecule has 0 bridgehead atoms. The Labute approximate surface area is 164 Å². The molecule has 27 heavy (non-hydrogen) atoms. The average Bonchev–Trinajstić information content (AvgIpc) is 3.21. The number of aromatic nitrogens is 1. The number of aryl methyl sites for hydroxylation is 1. The van der Waals surface area contributed by atoms with Crippen molar-refractivity contribution in [3.05, 3.63) is 81.2 Å². The highest BCUT2D eigenvalue weighted by Gasteiger charge is 2.30. The van der Waals surface area contributed by atoms with Gasteiger partial charge in [0.2, 0.25) is 5.90 Å². The highest BCUT2D eigenvalue weighted by atomic mass is 35.5. The number of esters is 1. The summed E-state index contributed by atoms with van der Waals surface area (Å²) in [5.74, 6) is 0.0794. The second kappa shape index (κ2) is 7.02. The van der Waals surface area contributed by atoms with Crippen LogP contribution in [-0.4, -0.2) is 17.0 Å². The van der Waals surface area contributed by atoms with E-state index in [1.165, 1.54) is 0 Å². The number of carbonyl (C=O) groups excluding carboxylic acids is 1. The summed E-state index contributed by atoms with van der Waals surface area (Å²) in [4.78, 5) is 16.6. The predicted octanol–water partition coefficient (Wildman–Crippen LogP) is 5.30. The largest absolute Gasteiger partial charge is 0.402 e. The molecule has 1 aliphatic rings. The molecule has 1 aliphatic heterocycles. The maximum atomic E-state index is 12.3. The molecule has 0 saturated heterocycles. The summed E-state index contributed by atoms with van der Waals surface area (Å²) >= 11 is 12.1. The van der Waals surface area contributed by atoms with Gasteiger partial charge in [-0.05, 0) is 30.7 Å². The van der Waals surface area contributed by atoms with Crippen LogP contribution in [0.1, 0.15) is 16.9 Å². The zero-order valence-electron chi connectivity index (χ0n) is 14.1. The van der Waals surface area contributed by atoms with Crippen molar-refractivity contribution in [2.45, 2.75) is 6.92 Å². The van der Waals surface area contributed by atoms with Gasteiger partial charge in [-0.1, -0.05) is 64.8 Å². The van der Waals surface area contributed by atoms with E-state index in [1.807, 2.05) is 30.3 Å². The van der Waals surface area contributed by atoms with Crippen molar-refractivity contribution in [2.24, 2.45) is 4.99 Å². The van der Waals surface area contributed by atoms with Gasteiger partial charge in [0.1, 0.15) is 17.0 Å². The van der Waals surface area contributed by atoms with Gasteiger partial charge in [0.15, 0.2) is 5.70 Å². The smallest absolute Gasteiger partial charge is 0.363 e. The minimum absolute atomic E-state index is 0.133. The van der Waals surface area contributed by atoms with E-state index in [4.69, 9.17) is 32.5 Å². The van der Waals surface area contributed by atoms with E-state index in [-0.39, 0.29) is 11.6 Å². The fourth-order valence-electron chi connectivity index (χ4n) is 2.70. The van der Waals surface area contributed by atoms with Crippen LogP contribution in [0.25, 0.3) is 17.3 Å². The zero-order valence-corrected chi connectivity index (χ0v) is 15.6. The summed E-state index contributed by atoms with van der Waals surface area (Å²) in [6, 6.07) is 14.4. The summed E-state index contributed by atoms with van der Waals surface area (Å²) in [7, 11) is 0. The van der Waals surface area contributed by atoms with E-state index in [2.05, 4.69) is 10.1 Å². The van der Waals surface area contributed by atoms with Gasteiger partial charge >= 0.3 is 5.97 Å². The number of halogens is 2. The van der Waals surface area contributed by atoms with Gasteiger partial charge in [-0.25, -0.2) is 9.79 Å². The first kappa shape index (κ1) is 17.5. The summed E-state index contributed by atoms with van der Waals surface area (Å²) in [5, 5.41) is 5.01. The molecule has 0 radical (unpaired) electrons. The van der Waals surface area contributed by atoms with E-state index < -0.39 is 5.97 Å². The highest BCUT2D eigenvalue weighted by Crippen LogP contribution is 2.30. The van der Waals surface area contributed by atoms with Crippen molar-refractivity contribution < 1.29 is 14.1 Å². The minimum atomic E-state index is -0.573. The molecule has 7 heteroatoms. The number of carbonyl (C=O) groups is 1. The molecule has 0 aliphatic carbocycles. The first-order valence-electron chi connectivity index (χ1n) is 8.02. The van der Waals surface area contributed by atoms with Gasteiger partial charge in [-0.2, -0.15) is 0 Å². The van der Waals surface area contributed by atoms with Crippen molar-refractivity contribution in [3.8, 4) is 11.3 Å². The summed E-state index contributed by atoms with van der Waals surface area (Å²) in [6.07, 6.45) is 1.55. The molecule has 0 fully saturated rings. The molecule has 4 rings (SSSR count). The van der Waals surface area contributed by atoms with E-state index in [0.717, 1.165) is 5.56 Å². The lowest BCUT2D eigenvalue weighted by molar-refractivity contribution is -0.129. The molecule has 0 N–H and O–H groups in total. The Balaban J connectivity index is 1.76. The van der Waals surface area contributed by atoms with Crippen LogP contribution in [0, 0.1) is 6.92 Å². The van der Waals surface area contributed by atoms with Gasteiger partial charge in [-0.15, -0.1) is 0 Å². The second-order valence-electron chi connectivity index (χ2n) is 5.83. The van der Waals surface area contributed by atoms with Crippen LogP contribution in [-0.2, 0) is 9.53 Å². The van der Waals surface area contributed by atoms with Gasteiger partial charge < -0.3 is 9.26 Å². The molecule has 134 valence electrons. The maximum Gasteiger partial charge on any atom is 0.363 e. The van der Waals surface area contributed by atoms with Crippen molar-refractivity contribution >= 4 is 41.1 Å². The average molecular weight is 399 g/mol. The van der Waals surface area contributed by atoms with E-state index in [0.29, 0.717) is 32.6 Å². The Morgan fingerprint density at radius 1 is 1.07 bits per heavy atom. The Hall–Kier alpha value is -2.89. The number of aliphatic imine (C=N–C) groups is 1. The van der Waals surface area contributed by atoms with Gasteiger partial charge in [-0.3, -0.25) is 0 Å². The summed E-state index contributed by atoms with van der Waals surface area (Å²) < 4.78 is 10.7. The number of nitrogens with zero attached hydrogens (tertiary/aromatic N) is 2. The minimum Gasteiger partial charge on any atom is -0.402 e. The highest BCUT2D eigenvalue weighted by molar-refractivity contribution is 6.35. The normalized spacial score (nSPS) is 15.1. The number of cyclic esters (lactones) is 1. The molecule has 0 unspecified atom stereocenters. The fourth-order valence-corrected chi connectivity index (χ4v) is 3.16. The number of rotatable bonds is 3. The number of hydrogen-bond donors (Lipinski definition) is 0. The van der Waals surface area contributed by atoms with Crippen LogP contribution in [0.3, 0.4) is 0 Å². The molecule has 1 aromatic heterocycles. The Kier molecular flexibility index (Phi) is 4.56. The fraction of sp³-hybridized carbons (Fsp3) is 0.0500. The molecule has 0 atom stereocenters. The molecule has 5 nitrogen and oxygen atoms in total. The zero-order chi connectivity index (χ0) is 19.0. The van der Waals surface area contributed by atoms with Crippen LogP contribution < -0.4 is 0 Å². The Morgan fingerprint density at radius 2 is 1.85 bits per heavy atom. The monoisotopic (exact) mass is 398 g/mol. The van der Waals surface area contributed by atoms with Crippen molar-refractivity contribution in [2.75, 3.05) is 0 Å². The molecule has 0 saturated carbocycles. The maximum absolute atomic E-state index is 12.3. The lowest BCUT2D eigenvalue weighted by Crippen LogP contribution is -2.07. The SMILES string of the molecule is Cc1onc(-c2ccccc2)c1C1=NC(=Cc2ccc(Cl)cc2Cl)C(=O)O1. The van der Waals surface area contributed by atoms with Crippen LogP contribution >= 0.6 is 23.2 Å². The van der Waals surface area contributed by atoms with Crippen molar-refractivity contribution in [1.29, 1.82) is 0 Å². The van der Waals surface area contributed by atoms with Gasteiger partial charge in [0, 0.05) is 15.6 Å². The summed E-state index contributed by atoms with van der Waals surface area (Å²) in [5.41, 5.74) is 2.68. The van der Waals surface area contributed by atoms with Gasteiger partial charge in [0.25, 0.3) is 0 Å². The predicted molar refractivity (Wildman–Crippen MR) is 104 cm³/mol. The molecule has 2 heterocycles. The molecule has 3 aromatic rings. The Bertz CT molecular complexity index is 1100. The van der Waals surface area contributed by atoms with Crippen LogP contribution in [0.5, 0.6) is 0 Å². The van der Waals surface area contributed by atoms with E-state index in [1.54, 1.807) is 31.2 Å². The molecule has 0 spiro atoms. The molecule has 0 amide bonds. The van der Waals surface area contributed by atoms with Crippen molar-refractivity contribution in [3.63, 3.8) is 0 Å². The second-order valence-corrected chi connectivity index (χ2v) is 6.67.